The van der Waals surface area contributed by atoms with Gasteiger partial charge in [0.25, 0.3) is 5.91 Å². The minimum absolute atomic E-state index is 0.0247. The molecule has 1 N–H and O–H groups in total. The molecule has 2 heterocycles. The molecule has 3 aliphatic rings. The molecule has 33 heavy (non-hydrogen) atoms. The van der Waals surface area contributed by atoms with E-state index in [1.165, 1.54) is 12.1 Å². The van der Waals surface area contributed by atoms with E-state index in [4.69, 9.17) is 9.47 Å². The van der Waals surface area contributed by atoms with Crippen molar-refractivity contribution in [2.24, 2.45) is 5.92 Å². The van der Waals surface area contributed by atoms with Crippen molar-refractivity contribution in [2.45, 2.75) is 24.3 Å². The molecule has 0 spiro atoms. The fourth-order valence-corrected chi connectivity index (χ4v) is 5.07. The fourth-order valence-electron chi connectivity index (χ4n) is 4.01. The topological polar surface area (TPSA) is 105 Å². The lowest BCUT2D eigenvalue weighted by atomic mass is 10.1. The summed E-state index contributed by atoms with van der Waals surface area (Å²) in [5, 5.41) is 0. The molecule has 2 fully saturated rings. The smallest absolute Gasteiger partial charge is 0.254 e. The quantitative estimate of drug-likeness (QED) is 0.686. The highest BCUT2D eigenvalue weighted by Crippen LogP contribution is 2.33. The van der Waals surface area contributed by atoms with Crippen molar-refractivity contribution in [3.8, 4) is 11.5 Å². The number of amides is 2. The third-order valence-corrected chi connectivity index (χ3v) is 7.50. The summed E-state index contributed by atoms with van der Waals surface area (Å²) in [6.07, 6.45) is 1.92. The SMILES string of the molecule is O=C(c1cccc(S(=O)(=O)NCc2ccc3c(c2)OCO3)c1)N1CCN(C(=O)C2CC2)CC1. The van der Waals surface area contributed by atoms with Gasteiger partial charge in [-0.3, -0.25) is 9.59 Å². The zero-order chi connectivity index (χ0) is 23.0. The molecule has 0 aromatic heterocycles. The van der Waals surface area contributed by atoms with Crippen LogP contribution in [0, 0.1) is 5.92 Å². The van der Waals surface area contributed by atoms with Crippen LogP contribution in [-0.2, 0) is 21.4 Å². The minimum atomic E-state index is -3.83. The molecule has 0 bridgehead atoms. The molecule has 9 nitrogen and oxygen atoms in total. The Morgan fingerprint density at radius 3 is 2.42 bits per heavy atom. The molecule has 0 atom stereocenters. The lowest BCUT2D eigenvalue weighted by Crippen LogP contribution is -2.51. The highest BCUT2D eigenvalue weighted by Gasteiger charge is 2.35. The van der Waals surface area contributed by atoms with Crippen LogP contribution >= 0.6 is 0 Å². The first-order chi connectivity index (χ1) is 15.9. The van der Waals surface area contributed by atoms with Crippen molar-refractivity contribution < 1.29 is 27.5 Å². The molecule has 2 aromatic carbocycles. The Bertz CT molecular complexity index is 1190. The maximum Gasteiger partial charge on any atom is 0.254 e. The molecule has 5 rings (SSSR count). The Labute approximate surface area is 192 Å². The van der Waals surface area contributed by atoms with Gasteiger partial charge in [-0.15, -0.1) is 0 Å². The predicted octanol–water partition coefficient (Wildman–Crippen LogP) is 1.59. The standard InChI is InChI=1S/C23H25N3O6S/c27-22(17-5-6-17)25-8-10-26(11-9-25)23(28)18-2-1-3-19(13-18)33(29,30)24-14-16-4-7-20-21(12-16)32-15-31-20/h1-4,7,12-13,17,24H,5-6,8-11,14-15H2. The first-order valence-corrected chi connectivity index (χ1v) is 12.5. The number of hydrogen-bond donors (Lipinski definition) is 1. The van der Waals surface area contributed by atoms with E-state index in [-0.39, 0.29) is 36.0 Å². The van der Waals surface area contributed by atoms with E-state index < -0.39 is 10.0 Å². The lowest BCUT2D eigenvalue weighted by molar-refractivity contribution is -0.134. The molecule has 2 amide bonds. The monoisotopic (exact) mass is 471 g/mol. The maximum absolute atomic E-state index is 13.0. The Kier molecular flexibility index (Phi) is 5.71. The fraction of sp³-hybridized carbons (Fsp3) is 0.391. The van der Waals surface area contributed by atoms with Crippen molar-refractivity contribution in [3.63, 3.8) is 0 Å². The average molecular weight is 472 g/mol. The van der Waals surface area contributed by atoms with Crippen LogP contribution in [0.2, 0.25) is 0 Å². The second kappa shape index (κ2) is 8.68. The van der Waals surface area contributed by atoms with Crippen molar-refractivity contribution in [2.75, 3.05) is 33.0 Å². The van der Waals surface area contributed by atoms with Crippen molar-refractivity contribution in [1.82, 2.24) is 14.5 Å². The van der Waals surface area contributed by atoms with E-state index in [1.807, 2.05) is 4.90 Å². The average Bonchev–Trinajstić information content (AvgIpc) is 3.59. The van der Waals surface area contributed by atoms with Crippen molar-refractivity contribution in [1.29, 1.82) is 0 Å². The zero-order valence-electron chi connectivity index (χ0n) is 18.0. The molecule has 174 valence electrons. The van der Waals surface area contributed by atoms with E-state index in [0.29, 0.717) is 43.2 Å². The second-order valence-electron chi connectivity index (χ2n) is 8.43. The number of hydrogen-bond acceptors (Lipinski definition) is 6. The largest absolute Gasteiger partial charge is 0.454 e. The number of benzene rings is 2. The van der Waals surface area contributed by atoms with Gasteiger partial charge in [-0.1, -0.05) is 12.1 Å². The molecule has 0 unspecified atom stereocenters. The van der Waals surface area contributed by atoms with Crippen LogP contribution in [0.4, 0.5) is 0 Å². The number of fused-ring (bicyclic) bond motifs is 1. The number of carbonyl (C=O) groups is 2. The van der Waals surface area contributed by atoms with Crippen molar-refractivity contribution in [3.05, 3.63) is 53.6 Å². The van der Waals surface area contributed by atoms with E-state index in [0.717, 1.165) is 18.4 Å². The van der Waals surface area contributed by atoms with E-state index in [2.05, 4.69) is 4.72 Å². The summed E-state index contributed by atoms with van der Waals surface area (Å²) in [5.74, 6) is 1.33. The van der Waals surface area contributed by atoms with Crippen LogP contribution in [0.5, 0.6) is 11.5 Å². The molecule has 2 aromatic rings. The Balaban J connectivity index is 1.22. The van der Waals surface area contributed by atoms with Crippen LogP contribution in [0.25, 0.3) is 0 Å². The highest BCUT2D eigenvalue weighted by atomic mass is 32.2. The van der Waals surface area contributed by atoms with Gasteiger partial charge in [0.1, 0.15) is 0 Å². The summed E-state index contributed by atoms with van der Waals surface area (Å²) in [7, 11) is -3.83. The van der Waals surface area contributed by atoms with Gasteiger partial charge < -0.3 is 19.3 Å². The lowest BCUT2D eigenvalue weighted by Gasteiger charge is -2.35. The number of piperazine rings is 1. The van der Waals surface area contributed by atoms with Gasteiger partial charge in [0, 0.05) is 44.2 Å². The molecular formula is C23H25N3O6S. The third kappa shape index (κ3) is 4.67. The Hall–Kier alpha value is -3.11. The summed E-state index contributed by atoms with van der Waals surface area (Å²) in [6.45, 7) is 2.13. The molecule has 1 saturated heterocycles. The van der Waals surface area contributed by atoms with Crippen LogP contribution in [0.1, 0.15) is 28.8 Å². The van der Waals surface area contributed by atoms with Crippen LogP contribution < -0.4 is 14.2 Å². The third-order valence-electron chi connectivity index (χ3n) is 6.10. The van der Waals surface area contributed by atoms with Crippen LogP contribution in [0.3, 0.4) is 0 Å². The summed E-state index contributed by atoms with van der Waals surface area (Å²) < 4.78 is 38.8. The molecule has 1 saturated carbocycles. The summed E-state index contributed by atoms with van der Waals surface area (Å²) >= 11 is 0. The first kappa shape index (κ1) is 21.7. The molecule has 0 radical (unpaired) electrons. The number of sulfonamides is 1. The first-order valence-electron chi connectivity index (χ1n) is 11.0. The minimum Gasteiger partial charge on any atom is -0.454 e. The normalized spacial score (nSPS) is 17.8. The van der Waals surface area contributed by atoms with E-state index in [1.54, 1.807) is 35.2 Å². The number of ether oxygens (including phenoxy) is 2. The zero-order valence-corrected chi connectivity index (χ0v) is 18.8. The Morgan fingerprint density at radius 1 is 0.939 bits per heavy atom. The number of carbonyl (C=O) groups excluding carboxylic acids is 2. The van der Waals surface area contributed by atoms with Crippen LogP contribution in [0.15, 0.2) is 47.4 Å². The van der Waals surface area contributed by atoms with Crippen LogP contribution in [-0.4, -0.2) is 63.0 Å². The van der Waals surface area contributed by atoms with Gasteiger partial charge in [-0.2, -0.15) is 0 Å². The summed E-state index contributed by atoms with van der Waals surface area (Å²) in [6, 6.07) is 11.3. The van der Waals surface area contributed by atoms with Gasteiger partial charge >= 0.3 is 0 Å². The Morgan fingerprint density at radius 2 is 1.67 bits per heavy atom. The molecule has 1 aliphatic carbocycles. The van der Waals surface area contributed by atoms with E-state index >= 15 is 0 Å². The predicted molar refractivity (Wildman–Crippen MR) is 118 cm³/mol. The van der Waals surface area contributed by atoms with Gasteiger partial charge in [-0.05, 0) is 48.7 Å². The molecule has 10 heteroatoms. The van der Waals surface area contributed by atoms with Gasteiger partial charge in [-0.25, -0.2) is 13.1 Å². The summed E-state index contributed by atoms with van der Waals surface area (Å²) in [4.78, 5) is 28.7. The van der Waals surface area contributed by atoms with Gasteiger partial charge in [0.05, 0.1) is 4.90 Å². The van der Waals surface area contributed by atoms with E-state index in [9.17, 15) is 18.0 Å². The summed E-state index contributed by atoms with van der Waals surface area (Å²) in [5.41, 5.74) is 1.04. The number of nitrogens with one attached hydrogen (secondary N) is 1. The maximum atomic E-state index is 13.0. The second-order valence-corrected chi connectivity index (χ2v) is 10.2. The van der Waals surface area contributed by atoms with Gasteiger partial charge in [0.2, 0.25) is 22.7 Å². The molecule has 2 aliphatic heterocycles. The molecular weight excluding hydrogens is 446 g/mol. The number of nitrogens with zero attached hydrogens (tertiary/aromatic N) is 2. The highest BCUT2D eigenvalue weighted by molar-refractivity contribution is 7.89. The number of rotatable bonds is 6. The van der Waals surface area contributed by atoms with Crippen molar-refractivity contribution >= 4 is 21.8 Å². The van der Waals surface area contributed by atoms with Gasteiger partial charge in [0.15, 0.2) is 11.5 Å².